The van der Waals surface area contributed by atoms with E-state index in [0.29, 0.717) is 30.2 Å². The maximum Gasteiger partial charge on any atom is 0.163 e. The Labute approximate surface area is 108 Å². The lowest BCUT2D eigenvalue weighted by atomic mass is 10.1. The molecule has 0 aliphatic rings. The summed E-state index contributed by atoms with van der Waals surface area (Å²) >= 11 is 0. The molecule has 1 rings (SSSR count). The van der Waals surface area contributed by atoms with E-state index in [0.717, 1.165) is 19.4 Å². The molecule has 0 atom stereocenters. The van der Waals surface area contributed by atoms with Crippen LogP contribution < -0.4 is 10.5 Å². The minimum atomic E-state index is -0.0517. The molecule has 100 valence electrons. The summed E-state index contributed by atoms with van der Waals surface area (Å²) in [6, 6.07) is 5.08. The maximum atomic E-state index is 11.4. The zero-order valence-corrected chi connectivity index (χ0v) is 11.1. The Morgan fingerprint density at radius 2 is 2.06 bits per heavy atom. The monoisotopic (exact) mass is 251 g/mol. The van der Waals surface area contributed by atoms with Crippen LogP contribution in [0.1, 0.15) is 37.0 Å². The van der Waals surface area contributed by atoms with E-state index in [1.165, 1.54) is 6.92 Å². The highest BCUT2D eigenvalue weighted by atomic mass is 16.5. The summed E-state index contributed by atoms with van der Waals surface area (Å²) in [5.74, 6) is 0.514. The molecule has 0 aliphatic carbocycles. The van der Waals surface area contributed by atoms with E-state index in [9.17, 15) is 4.79 Å². The first-order valence-corrected chi connectivity index (χ1v) is 6.26. The number of unbranched alkanes of at least 4 members (excludes halogenated alkanes) is 1. The summed E-state index contributed by atoms with van der Waals surface area (Å²) in [7, 11) is 0. The summed E-state index contributed by atoms with van der Waals surface area (Å²) in [5.41, 5.74) is 6.72. The molecule has 0 aromatic heterocycles. The number of nitrogens with two attached hydrogens (primary N) is 1. The number of hydrogen-bond acceptors (Lipinski definition) is 4. The molecule has 0 radical (unpaired) electrons. The van der Waals surface area contributed by atoms with Crippen molar-refractivity contribution in [3.05, 3.63) is 23.8 Å². The van der Waals surface area contributed by atoms with Crippen LogP contribution in [-0.4, -0.2) is 25.6 Å². The predicted octanol–water partition coefficient (Wildman–Crippen LogP) is 2.67. The zero-order chi connectivity index (χ0) is 13.4. The fraction of sp³-hybridized carbons (Fsp3) is 0.500. The molecular formula is C14H21NO3. The van der Waals surface area contributed by atoms with Crippen LogP contribution in [0, 0.1) is 0 Å². The van der Waals surface area contributed by atoms with Gasteiger partial charge in [-0.2, -0.15) is 0 Å². The number of anilines is 1. The molecule has 1 aromatic carbocycles. The van der Waals surface area contributed by atoms with Gasteiger partial charge in [0.1, 0.15) is 12.4 Å². The van der Waals surface area contributed by atoms with Gasteiger partial charge in [-0.15, -0.1) is 0 Å². The van der Waals surface area contributed by atoms with Gasteiger partial charge in [0, 0.05) is 12.3 Å². The molecule has 0 bridgehead atoms. The van der Waals surface area contributed by atoms with Gasteiger partial charge in [-0.05, 0) is 31.5 Å². The molecular weight excluding hydrogens is 230 g/mol. The lowest BCUT2D eigenvalue weighted by Crippen LogP contribution is -2.09. The van der Waals surface area contributed by atoms with Gasteiger partial charge >= 0.3 is 0 Å². The summed E-state index contributed by atoms with van der Waals surface area (Å²) in [5, 5.41) is 0. The quantitative estimate of drug-likeness (QED) is 0.438. The van der Waals surface area contributed by atoms with Crippen LogP contribution >= 0.6 is 0 Å². The molecule has 0 heterocycles. The van der Waals surface area contributed by atoms with Gasteiger partial charge < -0.3 is 15.2 Å². The largest absolute Gasteiger partial charge is 0.490 e. The molecule has 4 nitrogen and oxygen atoms in total. The van der Waals surface area contributed by atoms with Crippen molar-refractivity contribution in [3.8, 4) is 5.75 Å². The molecule has 0 spiro atoms. The first-order chi connectivity index (χ1) is 8.65. The molecule has 0 fully saturated rings. The van der Waals surface area contributed by atoms with Crippen LogP contribution in [0.25, 0.3) is 0 Å². The number of ether oxygens (including phenoxy) is 2. The highest BCUT2D eigenvalue weighted by Crippen LogP contribution is 2.21. The smallest absolute Gasteiger partial charge is 0.163 e. The third-order valence-corrected chi connectivity index (χ3v) is 2.51. The Bertz CT molecular complexity index is 391. The topological polar surface area (TPSA) is 61.6 Å². The van der Waals surface area contributed by atoms with Crippen molar-refractivity contribution in [1.29, 1.82) is 0 Å². The molecule has 0 saturated heterocycles. The highest BCUT2D eigenvalue weighted by molar-refractivity contribution is 5.97. The van der Waals surface area contributed by atoms with E-state index in [1.54, 1.807) is 18.2 Å². The van der Waals surface area contributed by atoms with E-state index in [1.807, 2.05) is 0 Å². The van der Waals surface area contributed by atoms with E-state index in [-0.39, 0.29) is 5.78 Å². The van der Waals surface area contributed by atoms with Crippen LogP contribution in [0.4, 0.5) is 5.69 Å². The number of hydrogen-bond donors (Lipinski definition) is 1. The first-order valence-electron chi connectivity index (χ1n) is 6.26. The molecule has 2 N–H and O–H groups in total. The lowest BCUT2D eigenvalue weighted by molar-refractivity contribution is 0.0948. The Kier molecular flexibility index (Phi) is 6.22. The number of carbonyl (C=O) groups excluding carboxylic acids is 1. The number of nitrogen functional groups attached to an aromatic ring is 1. The van der Waals surface area contributed by atoms with Crippen molar-refractivity contribution in [2.45, 2.75) is 26.7 Å². The fourth-order valence-corrected chi connectivity index (χ4v) is 1.51. The third-order valence-electron chi connectivity index (χ3n) is 2.51. The van der Waals surface area contributed by atoms with Crippen LogP contribution in [-0.2, 0) is 4.74 Å². The molecule has 0 amide bonds. The van der Waals surface area contributed by atoms with Crippen LogP contribution in [0.2, 0.25) is 0 Å². The normalized spacial score (nSPS) is 10.3. The van der Waals surface area contributed by atoms with Gasteiger partial charge in [0.25, 0.3) is 0 Å². The summed E-state index contributed by atoms with van der Waals surface area (Å²) in [6.07, 6.45) is 2.17. The van der Waals surface area contributed by atoms with E-state index in [2.05, 4.69) is 6.92 Å². The van der Waals surface area contributed by atoms with Gasteiger partial charge in [-0.25, -0.2) is 0 Å². The average molecular weight is 251 g/mol. The van der Waals surface area contributed by atoms with Crippen molar-refractivity contribution < 1.29 is 14.3 Å². The first kappa shape index (κ1) is 14.5. The minimum Gasteiger partial charge on any atom is -0.490 e. The van der Waals surface area contributed by atoms with Gasteiger partial charge in [-0.1, -0.05) is 13.3 Å². The second-order valence-corrected chi connectivity index (χ2v) is 4.13. The number of benzene rings is 1. The predicted molar refractivity (Wildman–Crippen MR) is 72.1 cm³/mol. The summed E-state index contributed by atoms with van der Waals surface area (Å²) in [6.45, 7) is 5.34. The second-order valence-electron chi connectivity index (χ2n) is 4.13. The Hall–Kier alpha value is -1.55. The molecule has 18 heavy (non-hydrogen) atoms. The number of Topliss-reactive ketones (excluding diaryl/α,β-unsaturated/α-hetero) is 1. The number of rotatable bonds is 8. The molecule has 4 heteroatoms. The van der Waals surface area contributed by atoms with Gasteiger partial charge in [0.2, 0.25) is 0 Å². The maximum absolute atomic E-state index is 11.4. The molecule has 1 aromatic rings. The van der Waals surface area contributed by atoms with E-state index < -0.39 is 0 Å². The van der Waals surface area contributed by atoms with Crippen molar-refractivity contribution in [2.75, 3.05) is 25.6 Å². The minimum absolute atomic E-state index is 0.0517. The SMILES string of the molecule is CCCCOCCOc1ccc(N)cc1C(C)=O. The zero-order valence-electron chi connectivity index (χ0n) is 11.1. The fourth-order valence-electron chi connectivity index (χ4n) is 1.51. The number of ketones is 1. The second kappa shape index (κ2) is 7.71. The third kappa shape index (κ3) is 4.75. The molecule has 0 unspecified atom stereocenters. The van der Waals surface area contributed by atoms with Crippen LogP contribution in [0.5, 0.6) is 5.75 Å². The van der Waals surface area contributed by atoms with Crippen molar-refractivity contribution in [1.82, 2.24) is 0 Å². The average Bonchev–Trinajstić information content (AvgIpc) is 2.35. The van der Waals surface area contributed by atoms with Crippen molar-refractivity contribution in [3.63, 3.8) is 0 Å². The van der Waals surface area contributed by atoms with Crippen molar-refractivity contribution in [2.24, 2.45) is 0 Å². The molecule has 0 saturated carbocycles. The lowest BCUT2D eigenvalue weighted by Gasteiger charge is -2.10. The number of carbonyl (C=O) groups is 1. The Morgan fingerprint density at radius 1 is 1.28 bits per heavy atom. The van der Waals surface area contributed by atoms with E-state index >= 15 is 0 Å². The Morgan fingerprint density at radius 3 is 2.72 bits per heavy atom. The van der Waals surface area contributed by atoms with Gasteiger partial charge in [-0.3, -0.25) is 4.79 Å². The van der Waals surface area contributed by atoms with Gasteiger partial charge in [0.15, 0.2) is 5.78 Å². The molecule has 0 aliphatic heterocycles. The van der Waals surface area contributed by atoms with E-state index in [4.69, 9.17) is 15.2 Å². The van der Waals surface area contributed by atoms with Crippen molar-refractivity contribution >= 4 is 11.5 Å². The highest BCUT2D eigenvalue weighted by Gasteiger charge is 2.08. The van der Waals surface area contributed by atoms with Crippen LogP contribution in [0.3, 0.4) is 0 Å². The van der Waals surface area contributed by atoms with Gasteiger partial charge in [0.05, 0.1) is 12.2 Å². The Balaban J connectivity index is 2.44. The summed E-state index contributed by atoms with van der Waals surface area (Å²) in [4.78, 5) is 11.4. The standard InChI is InChI=1S/C14H21NO3/c1-3-4-7-17-8-9-18-14-6-5-12(15)10-13(14)11(2)16/h5-6,10H,3-4,7-9,15H2,1-2H3. The summed E-state index contributed by atoms with van der Waals surface area (Å²) < 4.78 is 10.9. The van der Waals surface area contributed by atoms with Crippen LogP contribution in [0.15, 0.2) is 18.2 Å².